The predicted molar refractivity (Wildman–Crippen MR) is 71.2 cm³/mol. The molecule has 2 rings (SSSR count). The van der Waals surface area contributed by atoms with Crippen LogP contribution in [0.2, 0.25) is 0 Å². The van der Waals surface area contributed by atoms with E-state index in [4.69, 9.17) is 10.5 Å². The van der Waals surface area contributed by atoms with E-state index < -0.39 is 5.97 Å². The Balaban J connectivity index is 2.36. The number of rotatable bonds is 3. The lowest BCUT2D eigenvalue weighted by Crippen LogP contribution is -2.08. The summed E-state index contributed by atoms with van der Waals surface area (Å²) in [6.45, 7) is 1.93. The van der Waals surface area contributed by atoms with E-state index in [2.05, 4.69) is 15.4 Å². The molecule has 100 valence electrons. The van der Waals surface area contributed by atoms with Crippen molar-refractivity contribution in [2.75, 3.05) is 18.2 Å². The number of methoxy groups -OCH3 is 1. The van der Waals surface area contributed by atoms with Gasteiger partial charge in [-0.1, -0.05) is 0 Å². The summed E-state index contributed by atoms with van der Waals surface area (Å²) in [7, 11) is 3.15. The molecular formula is C12H15N5O2. The van der Waals surface area contributed by atoms with Crippen LogP contribution in [0.1, 0.15) is 16.1 Å². The summed E-state index contributed by atoms with van der Waals surface area (Å²) in [6, 6.07) is 3.32. The summed E-state index contributed by atoms with van der Waals surface area (Å²) in [5.74, 6) is 0.393. The molecule has 2 aromatic heterocycles. The fraction of sp³-hybridized carbons (Fsp3) is 0.250. The molecule has 0 radical (unpaired) electrons. The maximum Gasteiger partial charge on any atom is 0.340 e. The lowest BCUT2D eigenvalue weighted by Gasteiger charge is -2.08. The Labute approximate surface area is 110 Å². The lowest BCUT2D eigenvalue weighted by atomic mass is 10.2. The Morgan fingerprint density at radius 2 is 2.21 bits per heavy atom. The van der Waals surface area contributed by atoms with Crippen molar-refractivity contribution in [2.45, 2.75) is 6.92 Å². The van der Waals surface area contributed by atoms with Gasteiger partial charge in [0, 0.05) is 18.8 Å². The highest BCUT2D eigenvalue weighted by Gasteiger charge is 2.14. The van der Waals surface area contributed by atoms with Gasteiger partial charge in [-0.2, -0.15) is 5.10 Å². The molecule has 7 nitrogen and oxygen atoms in total. The zero-order chi connectivity index (χ0) is 14.0. The van der Waals surface area contributed by atoms with Crippen LogP contribution in [0.4, 0.5) is 17.3 Å². The van der Waals surface area contributed by atoms with Crippen molar-refractivity contribution in [1.29, 1.82) is 0 Å². The van der Waals surface area contributed by atoms with Gasteiger partial charge in [0.15, 0.2) is 5.82 Å². The van der Waals surface area contributed by atoms with Crippen LogP contribution in [0.3, 0.4) is 0 Å². The third-order valence-electron chi connectivity index (χ3n) is 2.71. The smallest absolute Gasteiger partial charge is 0.340 e. The Hall–Kier alpha value is -2.57. The molecule has 2 aromatic rings. The van der Waals surface area contributed by atoms with Crippen LogP contribution in [0.25, 0.3) is 0 Å². The maximum absolute atomic E-state index is 11.7. The first kappa shape index (κ1) is 12.9. The van der Waals surface area contributed by atoms with Crippen molar-refractivity contribution >= 4 is 23.3 Å². The number of pyridine rings is 1. The third-order valence-corrected chi connectivity index (χ3v) is 2.71. The topological polar surface area (TPSA) is 95.1 Å². The minimum Gasteiger partial charge on any atom is -0.465 e. The standard InChI is InChI=1S/C12H15N5O2/c1-7-4-11(16-17(7)2)15-9-6-14-10(13)5-8(9)12(18)19-3/h4-6H,1-3H3,(H2,13,14)(H,15,16). The van der Waals surface area contributed by atoms with Gasteiger partial charge in [0.25, 0.3) is 0 Å². The maximum atomic E-state index is 11.7. The number of nitrogens with two attached hydrogens (primary N) is 1. The predicted octanol–water partition coefficient (Wildman–Crippen LogP) is 1.24. The molecule has 0 saturated heterocycles. The van der Waals surface area contributed by atoms with E-state index in [0.29, 0.717) is 17.1 Å². The Kier molecular flexibility index (Phi) is 3.37. The van der Waals surface area contributed by atoms with Crippen LogP contribution in [-0.4, -0.2) is 27.8 Å². The summed E-state index contributed by atoms with van der Waals surface area (Å²) in [5.41, 5.74) is 7.38. The fourth-order valence-corrected chi connectivity index (χ4v) is 1.61. The molecule has 0 bridgehead atoms. The molecule has 0 unspecified atom stereocenters. The number of nitrogens with one attached hydrogen (secondary N) is 1. The zero-order valence-corrected chi connectivity index (χ0v) is 11.0. The van der Waals surface area contributed by atoms with Crippen molar-refractivity contribution < 1.29 is 9.53 Å². The molecule has 0 aliphatic carbocycles. The van der Waals surface area contributed by atoms with Crippen molar-refractivity contribution in [3.05, 3.63) is 29.6 Å². The second kappa shape index (κ2) is 4.97. The number of ether oxygens (including phenoxy) is 1. The minimum absolute atomic E-state index is 0.253. The first-order valence-electron chi connectivity index (χ1n) is 5.62. The Morgan fingerprint density at radius 1 is 1.47 bits per heavy atom. The highest BCUT2D eigenvalue weighted by atomic mass is 16.5. The molecule has 3 N–H and O–H groups in total. The fourth-order valence-electron chi connectivity index (χ4n) is 1.61. The van der Waals surface area contributed by atoms with Crippen LogP contribution in [-0.2, 0) is 11.8 Å². The minimum atomic E-state index is -0.482. The van der Waals surface area contributed by atoms with Gasteiger partial charge < -0.3 is 15.8 Å². The quantitative estimate of drug-likeness (QED) is 0.807. The van der Waals surface area contributed by atoms with Crippen LogP contribution in [0.5, 0.6) is 0 Å². The van der Waals surface area contributed by atoms with Gasteiger partial charge in [-0.3, -0.25) is 4.68 Å². The SMILES string of the molecule is COC(=O)c1cc(N)ncc1Nc1cc(C)n(C)n1. The number of aromatic nitrogens is 3. The van der Waals surface area contributed by atoms with E-state index in [1.54, 1.807) is 4.68 Å². The average Bonchev–Trinajstić information content (AvgIpc) is 2.69. The number of carbonyl (C=O) groups excluding carboxylic acids is 1. The summed E-state index contributed by atoms with van der Waals surface area (Å²) >= 11 is 0. The van der Waals surface area contributed by atoms with Gasteiger partial charge in [-0.15, -0.1) is 0 Å². The number of carbonyl (C=O) groups is 1. The van der Waals surface area contributed by atoms with Crippen molar-refractivity contribution in [3.63, 3.8) is 0 Å². The molecule has 0 spiro atoms. The number of nitrogens with zero attached hydrogens (tertiary/aromatic N) is 3. The lowest BCUT2D eigenvalue weighted by molar-refractivity contribution is 0.0602. The number of aryl methyl sites for hydroxylation is 2. The van der Waals surface area contributed by atoms with Gasteiger partial charge in [-0.25, -0.2) is 9.78 Å². The van der Waals surface area contributed by atoms with Gasteiger partial charge in [0.1, 0.15) is 5.82 Å². The van der Waals surface area contributed by atoms with E-state index in [9.17, 15) is 4.79 Å². The zero-order valence-electron chi connectivity index (χ0n) is 11.0. The highest BCUT2D eigenvalue weighted by molar-refractivity contribution is 5.96. The summed E-state index contributed by atoms with van der Waals surface area (Å²) in [5, 5.41) is 7.27. The van der Waals surface area contributed by atoms with E-state index >= 15 is 0 Å². The number of hydrogen-bond donors (Lipinski definition) is 2. The molecule has 0 saturated carbocycles. The second-order valence-corrected chi connectivity index (χ2v) is 4.07. The number of hydrogen-bond acceptors (Lipinski definition) is 6. The molecular weight excluding hydrogens is 246 g/mol. The number of esters is 1. The molecule has 2 heterocycles. The van der Waals surface area contributed by atoms with Crippen molar-refractivity contribution in [1.82, 2.24) is 14.8 Å². The van der Waals surface area contributed by atoms with E-state index in [0.717, 1.165) is 5.69 Å². The number of anilines is 3. The van der Waals surface area contributed by atoms with E-state index in [-0.39, 0.29) is 5.82 Å². The molecule has 0 aliphatic rings. The van der Waals surface area contributed by atoms with Crippen LogP contribution in [0.15, 0.2) is 18.3 Å². The molecule has 19 heavy (non-hydrogen) atoms. The van der Waals surface area contributed by atoms with Crippen LogP contribution in [0, 0.1) is 6.92 Å². The molecule has 7 heteroatoms. The average molecular weight is 261 g/mol. The second-order valence-electron chi connectivity index (χ2n) is 4.07. The Bertz CT molecular complexity index is 601. The molecule has 0 fully saturated rings. The molecule has 0 aromatic carbocycles. The summed E-state index contributed by atoms with van der Waals surface area (Å²) < 4.78 is 6.44. The third kappa shape index (κ3) is 2.65. The largest absolute Gasteiger partial charge is 0.465 e. The molecule has 0 amide bonds. The normalized spacial score (nSPS) is 10.3. The molecule has 0 aliphatic heterocycles. The monoisotopic (exact) mass is 261 g/mol. The summed E-state index contributed by atoms with van der Waals surface area (Å²) in [6.07, 6.45) is 1.48. The van der Waals surface area contributed by atoms with Crippen LogP contribution >= 0.6 is 0 Å². The van der Waals surface area contributed by atoms with Gasteiger partial charge in [-0.05, 0) is 13.0 Å². The highest BCUT2D eigenvalue weighted by Crippen LogP contribution is 2.22. The number of nitrogen functional groups attached to an aromatic ring is 1. The first-order chi connectivity index (χ1) is 9.01. The van der Waals surface area contributed by atoms with Gasteiger partial charge >= 0.3 is 5.97 Å². The van der Waals surface area contributed by atoms with Gasteiger partial charge in [0.2, 0.25) is 0 Å². The van der Waals surface area contributed by atoms with Gasteiger partial charge in [0.05, 0.1) is 24.6 Å². The molecule has 0 atom stereocenters. The summed E-state index contributed by atoms with van der Waals surface area (Å²) in [4.78, 5) is 15.6. The van der Waals surface area contributed by atoms with Crippen molar-refractivity contribution in [3.8, 4) is 0 Å². The van der Waals surface area contributed by atoms with Crippen molar-refractivity contribution in [2.24, 2.45) is 7.05 Å². The van der Waals surface area contributed by atoms with E-state index in [1.165, 1.54) is 19.4 Å². The Morgan fingerprint density at radius 3 is 2.79 bits per heavy atom. The first-order valence-corrected chi connectivity index (χ1v) is 5.62. The van der Waals surface area contributed by atoms with E-state index in [1.807, 2.05) is 20.0 Å². The van der Waals surface area contributed by atoms with Crippen LogP contribution < -0.4 is 11.1 Å².